The molecule has 5 heteroatoms. The van der Waals surface area contributed by atoms with Gasteiger partial charge in [-0.05, 0) is 41.5 Å². The Morgan fingerprint density at radius 2 is 1.90 bits per heavy atom. The number of amides is 1. The zero-order chi connectivity index (χ0) is 16.2. The summed E-state index contributed by atoms with van der Waals surface area (Å²) in [5, 5.41) is 9.35. The molecule has 21 heavy (non-hydrogen) atoms. The van der Waals surface area contributed by atoms with Gasteiger partial charge in [0.25, 0.3) is 5.91 Å². The fraction of sp³-hybridized carbons (Fsp3) is 0.750. The van der Waals surface area contributed by atoms with Gasteiger partial charge in [0.1, 0.15) is 11.6 Å². The molecule has 0 saturated carbocycles. The fourth-order valence-corrected chi connectivity index (χ4v) is 2.56. The highest BCUT2D eigenvalue weighted by molar-refractivity contribution is 5.97. The molecule has 1 amide bonds. The van der Waals surface area contributed by atoms with Crippen molar-refractivity contribution in [3.05, 3.63) is 11.8 Å². The smallest absolute Gasteiger partial charge is 0.266 e. The zero-order valence-electron chi connectivity index (χ0n) is 14.0. The van der Waals surface area contributed by atoms with Gasteiger partial charge in [0, 0.05) is 31.4 Å². The van der Waals surface area contributed by atoms with Crippen LogP contribution >= 0.6 is 0 Å². The Balaban J connectivity index is 2.94. The van der Waals surface area contributed by atoms with Crippen LogP contribution in [0.5, 0.6) is 0 Å². The molecule has 5 nitrogen and oxygen atoms in total. The largest absolute Gasteiger partial charge is 0.372 e. The molecule has 0 aromatic carbocycles. The Hall–Kier alpha value is -1.54. The van der Waals surface area contributed by atoms with Crippen LogP contribution in [0.25, 0.3) is 0 Å². The van der Waals surface area contributed by atoms with Crippen molar-refractivity contribution in [2.45, 2.75) is 59.3 Å². The highest BCUT2D eigenvalue weighted by Gasteiger charge is 2.28. The van der Waals surface area contributed by atoms with Gasteiger partial charge in [-0.15, -0.1) is 0 Å². The topological polar surface area (TPSA) is 56.6 Å². The lowest BCUT2D eigenvalue weighted by molar-refractivity contribution is -0.138. The minimum atomic E-state index is -0.206. The van der Waals surface area contributed by atoms with Crippen LogP contribution in [0.1, 0.15) is 41.5 Å². The highest BCUT2D eigenvalue weighted by atomic mass is 16.5. The maximum absolute atomic E-state index is 12.6. The summed E-state index contributed by atoms with van der Waals surface area (Å²) in [5.41, 5.74) is 0.0657. The Kier molecular flexibility index (Phi) is 5.79. The molecule has 0 N–H and O–H groups in total. The van der Waals surface area contributed by atoms with Crippen molar-refractivity contribution in [1.82, 2.24) is 9.80 Å². The summed E-state index contributed by atoms with van der Waals surface area (Å²) >= 11 is 0. The van der Waals surface area contributed by atoms with Gasteiger partial charge < -0.3 is 14.5 Å². The normalized spacial score (nSPS) is 23.7. The second kappa shape index (κ2) is 6.95. The van der Waals surface area contributed by atoms with E-state index in [0.717, 1.165) is 6.54 Å². The molecule has 1 saturated heterocycles. The molecule has 1 aliphatic rings. The highest BCUT2D eigenvalue weighted by Crippen LogP contribution is 2.17. The molecule has 1 rings (SSSR count). The van der Waals surface area contributed by atoms with Crippen molar-refractivity contribution < 1.29 is 9.53 Å². The summed E-state index contributed by atoms with van der Waals surface area (Å²) in [6, 6.07) is 2.05. The van der Waals surface area contributed by atoms with E-state index >= 15 is 0 Å². The first kappa shape index (κ1) is 17.5. The number of carbonyl (C=O) groups excluding carboxylic acids is 1. The summed E-state index contributed by atoms with van der Waals surface area (Å²) in [4.78, 5) is 16.3. The molecule has 118 valence electrons. The standard InChI is InChI=1S/C16H27N3O2/c1-7-19(16(4,5)6)11-14(8-17)15(20)18-9-12(2)21-13(3)10-18/h11-13H,7,9-10H2,1-6H3/b14-11-. The molecule has 0 aliphatic carbocycles. The van der Waals surface area contributed by atoms with E-state index < -0.39 is 0 Å². The van der Waals surface area contributed by atoms with Crippen molar-refractivity contribution >= 4 is 5.91 Å². The molecule has 1 aliphatic heterocycles. The number of morpholine rings is 1. The van der Waals surface area contributed by atoms with Gasteiger partial charge in [-0.3, -0.25) is 4.79 Å². The monoisotopic (exact) mass is 293 g/mol. The number of hydrogen-bond acceptors (Lipinski definition) is 4. The minimum absolute atomic E-state index is 0.00235. The van der Waals surface area contributed by atoms with Crippen molar-refractivity contribution in [3.8, 4) is 6.07 Å². The first-order valence-corrected chi connectivity index (χ1v) is 7.52. The molecular weight excluding hydrogens is 266 g/mol. The Morgan fingerprint density at radius 1 is 1.38 bits per heavy atom. The maximum Gasteiger partial charge on any atom is 0.266 e. The molecular formula is C16H27N3O2. The summed E-state index contributed by atoms with van der Waals surface area (Å²) in [6.07, 6.45) is 1.69. The summed E-state index contributed by atoms with van der Waals surface area (Å²) in [5.74, 6) is -0.206. The third kappa shape index (κ3) is 4.75. The second-order valence-corrected chi connectivity index (χ2v) is 6.58. The van der Waals surface area contributed by atoms with E-state index in [1.807, 2.05) is 25.7 Å². The summed E-state index contributed by atoms with van der Waals surface area (Å²) in [6.45, 7) is 13.9. The van der Waals surface area contributed by atoms with Gasteiger partial charge in [0.2, 0.25) is 0 Å². The lowest BCUT2D eigenvalue weighted by atomic mass is 10.1. The minimum Gasteiger partial charge on any atom is -0.372 e. The van der Waals surface area contributed by atoms with Crippen LogP contribution < -0.4 is 0 Å². The number of nitriles is 1. The summed E-state index contributed by atoms with van der Waals surface area (Å²) < 4.78 is 5.63. The van der Waals surface area contributed by atoms with E-state index in [1.165, 1.54) is 0 Å². The van der Waals surface area contributed by atoms with Crippen LogP contribution in [0, 0.1) is 11.3 Å². The van der Waals surface area contributed by atoms with E-state index in [4.69, 9.17) is 4.74 Å². The molecule has 0 aromatic heterocycles. The van der Waals surface area contributed by atoms with Gasteiger partial charge in [0.05, 0.1) is 12.2 Å². The maximum atomic E-state index is 12.6. The molecule has 1 fully saturated rings. The molecule has 2 atom stereocenters. The first-order valence-electron chi connectivity index (χ1n) is 7.52. The van der Waals surface area contributed by atoms with Crippen molar-refractivity contribution in [2.75, 3.05) is 19.6 Å². The van der Waals surface area contributed by atoms with Crippen LogP contribution in [-0.2, 0) is 9.53 Å². The quantitative estimate of drug-likeness (QED) is 0.591. The number of carbonyl (C=O) groups is 1. The van der Waals surface area contributed by atoms with E-state index in [0.29, 0.717) is 13.1 Å². The number of rotatable bonds is 3. The molecule has 2 unspecified atom stereocenters. The number of hydrogen-bond donors (Lipinski definition) is 0. The van der Waals surface area contributed by atoms with E-state index in [1.54, 1.807) is 11.1 Å². The van der Waals surface area contributed by atoms with Gasteiger partial charge in [0.15, 0.2) is 0 Å². The first-order chi connectivity index (χ1) is 9.68. The lowest BCUT2D eigenvalue weighted by Gasteiger charge is -2.36. The molecule has 0 radical (unpaired) electrons. The summed E-state index contributed by atoms with van der Waals surface area (Å²) in [7, 11) is 0. The van der Waals surface area contributed by atoms with Gasteiger partial charge in [-0.25, -0.2) is 0 Å². The Morgan fingerprint density at radius 3 is 2.29 bits per heavy atom. The number of nitrogens with zero attached hydrogens (tertiary/aromatic N) is 3. The molecule has 0 bridgehead atoms. The SMILES string of the molecule is CCN(/C=C(/C#N)C(=O)N1CC(C)OC(C)C1)C(C)(C)C. The van der Waals surface area contributed by atoms with Crippen LogP contribution in [0.2, 0.25) is 0 Å². The lowest BCUT2D eigenvalue weighted by Crippen LogP contribution is -2.49. The van der Waals surface area contributed by atoms with Gasteiger partial charge in [-0.2, -0.15) is 5.26 Å². The van der Waals surface area contributed by atoms with E-state index in [-0.39, 0.29) is 29.2 Å². The molecule has 0 aromatic rings. The Bertz CT molecular complexity index is 435. The van der Waals surface area contributed by atoms with Crippen LogP contribution in [0.3, 0.4) is 0 Å². The average molecular weight is 293 g/mol. The molecule has 0 spiro atoms. The van der Waals surface area contributed by atoms with Crippen LogP contribution in [-0.4, -0.2) is 53.1 Å². The van der Waals surface area contributed by atoms with Gasteiger partial charge >= 0.3 is 0 Å². The van der Waals surface area contributed by atoms with Gasteiger partial charge in [-0.1, -0.05) is 0 Å². The van der Waals surface area contributed by atoms with E-state index in [2.05, 4.69) is 26.8 Å². The average Bonchev–Trinajstić information content (AvgIpc) is 2.36. The third-order valence-corrected chi connectivity index (χ3v) is 3.54. The van der Waals surface area contributed by atoms with Crippen molar-refractivity contribution in [2.24, 2.45) is 0 Å². The predicted octanol–water partition coefficient (Wildman–Crippen LogP) is 2.15. The van der Waals surface area contributed by atoms with E-state index in [9.17, 15) is 10.1 Å². The fourth-order valence-electron chi connectivity index (χ4n) is 2.56. The van der Waals surface area contributed by atoms with Crippen molar-refractivity contribution in [3.63, 3.8) is 0 Å². The van der Waals surface area contributed by atoms with Crippen LogP contribution in [0.4, 0.5) is 0 Å². The predicted molar refractivity (Wildman–Crippen MR) is 82.4 cm³/mol. The number of ether oxygens (including phenoxy) is 1. The second-order valence-electron chi connectivity index (χ2n) is 6.58. The molecule has 1 heterocycles. The third-order valence-electron chi connectivity index (χ3n) is 3.54. The van der Waals surface area contributed by atoms with Crippen LogP contribution in [0.15, 0.2) is 11.8 Å². The zero-order valence-corrected chi connectivity index (χ0v) is 14.0. The Labute approximate surface area is 128 Å². The van der Waals surface area contributed by atoms with Crippen molar-refractivity contribution in [1.29, 1.82) is 5.26 Å².